The largest absolute Gasteiger partial charge is 0.481 e. The molecule has 1 aliphatic heterocycles. The van der Waals surface area contributed by atoms with Gasteiger partial charge in [-0.05, 0) is 35.9 Å². The molecule has 1 atom stereocenters. The number of nitrogens with zero attached hydrogens (tertiary/aromatic N) is 4. The number of benzene rings is 2. The molecule has 1 saturated heterocycles. The van der Waals surface area contributed by atoms with Crippen LogP contribution in [0.1, 0.15) is 30.5 Å². The predicted molar refractivity (Wildman–Crippen MR) is 135 cm³/mol. The van der Waals surface area contributed by atoms with Crippen molar-refractivity contribution in [2.45, 2.75) is 32.1 Å². The van der Waals surface area contributed by atoms with E-state index in [1.807, 2.05) is 11.0 Å². The molecule has 0 bridgehead atoms. The molecule has 4 rings (SSSR count). The van der Waals surface area contributed by atoms with E-state index in [9.17, 15) is 37.5 Å². The molecule has 0 spiro atoms. The summed E-state index contributed by atoms with van der Waals surface area (Å²) < 4.78 is 39.7. The second kappa shape index (κ2) is 11.1. The molecule has 2 aromatic carbocycles. The van der Waals surface area contributed by atoms with Crippen LogP contribution in [-0.2, 0) is 27.1 Å². The number of anilines is 1. The standard InChI is InChI=1S/C26H26F3N5O5/c1-16(35)32-8-10-33(11-9-32)19-6-7-21-20(12-19)25(39)34(15-30-21)14-23(36)31-22(13-24(37)38)17-2-4-18(5-3-17)26(27,28)29/h2-7,12,15,22H,8-11,13-14H2,1H3,(H,31,36)(H,37,38)/t22-/m1/s1. The number of amides is 2. The second-order valence-electron chi connectivity index (χ2n) is 9.21. The van der Waals surface area contributed by atoms with E-state index in [0.29, 0.717) is 31.7 Å². The van der Waals surface area contributed by atoms with Crippen LogP contribution < -0.4 is 15.8 Å². The minimum atomic E-state index is -4.56. The quantitative estimate of drug-likeness (QED) is 0.467. The van der Waals surface area contributed by atoms with Gasteiger partial charge >= 0.3 is 12.1 Å². The van der Waals surface area contributed by atoms with Crippen molar-refractivity contribution < 1.29 is 32.7 Å². The third-order valence-electron chi connectivity index (χ3n) is 6.57. The number of alkyl halides is 3. The number of carboxylic acids is 1. The first-order valence-electron chi connectivity index (χ1n) is 12.1. The minimum absolute atomic E-state index is 0.00226. The Morgan fingerprint density at radius 1 is 1.05 bits per heavy atom. The molecular weight excluding hydrogens is 519 g/mol. The number of halogens is 3. The lowest BCUT2D eigenvalue weighted by Crippen LogP contribution is -2.48. The zero-order chi connectivity index (χ0) is 28.3. The van der Waals surface area contributed by atoms with Crippen molar-refractivity contribution in [3.05, 3.63) is 70.3 Å². The lowest BCUT2D eigenvalue weighted by Gasteiger charge is -2.35. The molecule has 2 amide bonds. The van der Waals surface area contributed by atoms with Gasteiger partial charge in [0, 0.05) is 38.8 Å². The van der Waals surface area contributed by atoms with Crippen LogP contribution in [-0.4, -0.2) is 63.5 Å². The predicted octanol–water partition coefficient (Wildman–Crippen LogP) is 2.42. The third kappa shape index (κ3) is 6.54. The van der Waals surface area contributed by atoms with Gasteiger partial charge in [0.1, 0.15) is 6.54 Å². The van der Waals surface area contributed by atoms with Crippen LogP contribution in [0.25, 0.3) is 10.9 Å². The van der Waals surface area contributed by atoms with Crippen LogP contribution in [0.2, 0.25) is 0 Å². The first-order chi connectivity index (χ1) is 18.4. The molecule has 3 aromatic rings. The lowest BCUT2D eigenvalue weighted by molar-refractivity contribution is -0.139. The number of nitrogens with one attached hydrogen (secondary N) is 1. The molecule has 1 aromatic heterocycles. The zero-order valence-electron chi connectivity index (χ0n) is 20.9. The van der Waals surface area contributed by atoms with Crippen LogP contribution in [0.5, 0.6) is 0 Å². The van der Waals surface area contributed by atoms with Crippen LogP contribution in [0.15, 0.2) is 53.6 Å². The number of carbonyl (C=O) groups is 3. The smallest absolute Gasteiger partial charge is 0.416 e. The Bertz CT molecular complexity index is 1450. The van der Waals surface area contributed by atoms with Crippen molar-refractivity contribution in [3.63, 3.8) is 0 Å². The molecule has 206 valence electrons. The molecule has 0 unspecified atom stereocenters. The highest BCUT2D eigenvalue weighted by atomic mass is 19.4. The number of hydrogen-bond acceptors (Lipinski definition) is 6. The summed E-state index contributed by atoms with van der Waals surface area (Å²) in [7, 11) is 0. The van der Waals surface area contributed by atoms with Crippen molar-refractivity contribution in [2.24, 2.45) is 0 Å². The molecular formula is C26H26F3N5O5. The Balaban J connectivity index is 1.51. The van der Waals surface area contributed by atoms with Gasteiger partial charge in [-0.2, -0.15) is 13.2 Å². The van der Waals surface area contributed by atoms with Gasteiger partial charge in [0.15, 0.2) is 0 Å². The molecule has 0 radical (unpaired) electrons. The maximum Gasteiger partial charge on any atom is 0.416 e. The first-order valence-corrected chi connectivity index (χ1v) is 12.1. The molecule has 10 nitrogen and oxygen atoms in total. The van der Waals surface area contributed by atoms with Gasteiger partial charge in [-0.15, -0.1) is 0 Å². The fourth-order valence-electron chi connectivity index (χ4n) is 4.46. The molecule has 1 fully saturated rings. The summed E-state index contributed by atoms with van der Waals surface area (Å²) in [4.78, 5) is 56.9. The van der Waals surface area contributed by atoms with Crippen LogP contribution in [0, 0.1) is 0 Å². The first kappa shape index (κ1) is 27.6. The van der Waals surface area contributed by atoms with Crippen LogP contribution in [0.4, 0.5) is 18.9 Å². The third-order valence-corrected chi connectivity index (χ3v) is 6.57. The van der Waals surface area contributed by atoms with E-state index in [4.69, 9.17) is 0 Å². The van der Waals surface area contributed by atoms with E-state index in [1.54, 1.807) is 17.0 Å². The monoisotopic (exact) mass is 545 g/mol. The maximum absolute atomic E-state index is 13.2. The number of fused-ring (bicyclic) bond motifs is 1. The number of carbonyl (C=O) groups excluding carboxylic acids is 2. The average molecular weight is 546 g/mol. The van der Waals surface area contributed by atoms with Crippen molar-refractivity contribution in [2.75, 3.05) is 31.1 Å². The summed E-state index contributed by atoms with van der Waals surface area (Å²) in [5.41, 5.74) is -0.00612. The molecule has 1 aliphatic rings. The normalized spacial score (nSPS) is 14.8. The van der Waals surface area contributed by atoms with Crippen molar-refractivity contribution >= 4 is 34.4 Å². The molecule has 13 heteroatoms. The number of carboxylic acid groups (broad SMARTS) is 1. The second-order valence-corrected chi connectivity index (χ2v) is 9.21. The summed E-state index contributed by atoms with van der Waals surface area (Å²) >= 11 is 0. The van der Waals surface area contributed by atoms with Gasteiger partial charge in [-0.25, -0.2) is 4.98 Å². The Labute approximate surface area is 220 Å². The van der Waals surface area contributed by atoms with Crippen LogP contribution >= 0.6 is 0 Å². The van der Waals surface area contributed by atoms with Crippen molar-refractivity contribution in [1.82, 2.24) is 19.8 Å². The Kier molecular flexibility index (Phi) is 7.88. The van der Waals surface area contributed by atoms with E-state index in [2.05, 4.69) is 10.3 Å². The van der Waals surface area contributed by atoms with E-state index in [0.717, 1.165) is 34.5 Å². The molecule has 0 aliphatic carbocycles. The Morgan fingerprint density at radius 3 is 2.31 bits per heavy atom. The maximum atomic E-state index is 13.2. The highest BCUT2D eigenvalue weighted by molar-refractivity contribution is 5.83. The highest BCUT2D eigenvalue weighted by Crippen LogP contribution is 2.30. The van der Waals surface area contributed by atoms with Gasteiger partial charge in [-0.3, -0.25) is 23.7 Å². The van der Waals surface area contributed by atoms with Gasteiger partial charge in [0.25, 0.3) is 5.56 Å². The molecule has 0 saturated carbocycles. The highest BCUT2D eigenvalue weighted by Gasteiger charge is 2.30. The van der Waals surface area contributed by atoms with Crippen LogP contribution in [0.3, 0.4) is 0 Å². The van der Waals surface area contributed by atoms with Gasteiger partial charge in [-0.1, -0.05) is 12.1 Å². The average Bonchev–Trinajstić information content (AvgIpc) is 2.89. The lowest BCUT2D eigenvalue weighted by atomic mass is 10.0. The van der Waals surface area contributed by atoms with E-state index in [1.165, 1.54) is 13.3 Å². The van der Waals surface area contributed by atoms with Gasteiger partial charge in [0.05, 0.1) is 35.3 Å². The summed E-state index contributed by atoms with van der Waals surface area (Å²) in [5.74, 6) is -1.97. The summed E-state index contributed by atoms with van der Waals surface area (Å²) in [6.45, 7) is 3.35. The number of hydrogen-bond donors (Lipinski definition) is 2. The van der Waals surface area contributed by atoms with Crippen molar-refractivity contribution in [3.8, 4) is 0 Å². The Hall–Kier alpha value is -4.42. The molecule has 39 heavy (non-hydrogen) atoms. The number of rotatable bonds is 7. The summed E-state index contributed by atoms with van der Waals surface area (Å²) in [6.07, 6.45) is -3.92. The fourth-order valence-corrected chi connectivity index (χ4v) is 4.46. The van der Waals surface area contributed by atoms with E-state index < -0.39 is 48.2 Å². The topological polar surface area (TPSA) is 125 Å². The summed E-state index contributed by atoms with van der Waals surface area (Å²) in [6, 6.07) is 7.93. The van der Waals surface area contributed by atoms with Gasteiger partial charge in [0.2, 0.25) is 11.8 Å². The molecule has 2 N–H and O–H groups in total. The van der Waals surface area contributed by atoms with E-state index in [-0.39, 0.29) is 16.9 Å². The number of aromatic nitrogens is 2. The summed E-state index contributed by atoms with van der Waals surface area (Å²) in [5, 5.41) is 12.0. The van der Waals surface area contributed by atoms with Crippen molar-refractivity contribution in [1.29, 1.82) is 0 Å². The van der Waals surface area contributed by atoms with Gasteiger partial charge < -0.3 is 20.2 Å². The fraction of sp³-hybridized carbons (Fsp3) is 0.346. The number of piperazine rings is 1. The van der Waals surface area contributed by atoms with E-state index >= 15 is 0 Å². The Morgan fingerprint density at radius 2 is 1.72 bits per heavy atom. The number of aliphatic carboxylic acids is 1. The molecule has 2 heterocycles. The minimum Gasteiger partial charge on any atom is -0.481 e. The zero-order valence-corrected chi connectivity index (χ0v) is 20.9. The SMILES string of the molecule is CC(=O)N1CCN(c2ccc3ncn(CC(=O)N[C@H](CC(=O)O)c4ccc(C(F)(F)F)cc4)c(=O)c3c2)CC1.